The highest BCUT2D eigenvalue weighted by Gasteiger charge is 2.13. The zero-order valence-electron chi connectivity index (χ0n) is 25.8. The lowest BCUT2D eigenvalue weighted by molar-refractivity contribution is -0.154. The average molecular weight is 557 g/mol. The van der Waals surface area contributed by atoms with Crippen LogP contribution in [-0.4, -0.2) is 37.0 Å². The number of ether oxygens (including phenoxy) is 2. The van der Waals surface area contributed by atoms with Crippen LogP contribution in [0.25, 0.3) is 0 Å². The van der Waals surface area contributed by atoms with E-state index in [4.69, 9.17) is 9.47 Å². The monoisotopic (exact) mass is 556 g/mol. The van der Waals surface area contributed by atoms with Crippen molar-refractivity contribution in [2.45, 2.75) is 129 Å². The molecule has 0 fully saturated rings. The summed E-state index contributed by atoms with van der Waals surface area (Å²) in [5.74, 6) is -0.239. The maximum atomic E-state index is 12.1. The van der Waals surface area contributed by atoms with E-state index in [9.17, 15) is 9.90 Å². The summed E-state index contributed by atoms with van der Waals surface area (Å²) < 4.78 is 11.0. The Morgan fingerprint density at radius 1 is 0.625 bits per heavy atom. The molecule has 0 spiro atoms. The van der Waals surface area contributed by atoms with Gasteiger partial charge in [0.1, 0.15) is 6.10 Å². The van der Waals surface area contributed by atoms with Gasteiger partial charge in [0.05, 0.1) is 13.2 Å². The Labute approximate surface area is 247 Å². The summed E-state index contributed by atoms with van der Waals surface area (Å²) in [6.45, 7) is 5.01. The zero-order chi connectivity index (χ0) is 29.2. The Morgan fingerprint density at radius 3 is 1.70 bits per heavy atom. The molecule has 0 aromatic rings. The van der Waals surface area contributed by atoms with Crippen molar-refractivity contribution >= 4 is 5.97 Å². The van der Waals surface area contributed by atoms with Crippen LogP contribution < -0.4 is 0 Å². The Kier molecular flexibility index (Phi) is 31.2. The van der Waals surface area contributed by atoms with Crippen molar-refractivity contribution < 1.29 is 19.4 Å². The van der Waals surface area contributed by atoms with Gasteiger partial charge in [-0.1, -0.05) is 119 Å². The van der Waals surface area contributed by atoms with E-state index in [1.807, 2.05) is 0 Å². The first-order valence-electron chi connectivity index (χ1n) is 16.0. The molecular formula is C36H60O4. The minimum atomic E-state index is -0.571. The second kappa shape index (κ2) is 33.0. The molecule has 0 saturated carbocycles. The van der Waals surface area contributed by atoms with Gasteiger partial charge in [0.25, 0.3) is 0 Å². The van der Waals surface area contributed by atoms with E-state index in [0.717, 1.165) is 70.6 Å². The number of hydrogen-bond donors (Lipinski definition) is 1. The minimum Gasteiger partial charge on any atom is -0.457 e. The van der Waals surface area contributed by atoms with Crippen LogP contribution in [0.5, 0.6) is 0 Å². The fourth-order valence-electron chi connectivity index (χ4n) is 3.87. The molecule has 0 aliphatic carbocycles. The van der Waals surface area contributed by atoms with Crippen molar-refractivity contribution in [1.29, 1.82) is 0 Å². The lowest BCUT2D eigenvalue weighted by Gasteiger charge is -2.15. The SMILES string of the molecule is CC/C=C\C/C=C\C/C=C\C/C=C\CCCOCC(CO)OC(=O)CCCCCCC/C=C\C/C=C\CCCC. The molecule has 0 radical (unpaired) electrons. The summed E-state index contributed by atoms with van der Waals surface area (Å²) in [7, 11) is 0. The van der Waals surface area contributed by atoms with E-state index in [1.165, 1.54) is 32.1 Å². The molecule has 0 heterocycles. The summed E-state index contributed by atoms with van der Waals surface area (Å²) in [5, 5.41) is 9.50. The van der Waals surface area contributed by atoms with E-state index < -0.39 is 6.10 Å². The van der Waals surface area contributed by atoms with Gasteiger partial charge >= 0.3 is 5.97 Å². The quantitative estimate of drug-likeness (QED) is 0.0592. The lowest BCUT2D eigenvalue weighted by Crippen LogP contribution is -2.27. The van der Waals surface area contributed by atoms with Crippen LogP contribution in [0.2, 0.25) is 0 Å². The number of allylic oxidation sites excluding steroid dienone is 12. The van der Waals surface area contributed by atoms with Crippen molar-refractivity contribution in [3.8, 4) is 0 Å². The van der Waals surface area contributed by atoms with Gasteiger partial charge in [-0.25, -0.2) is 0 Å². The van der Waals surface area contributed by atoms with Crippen molar-refractivity contribution in [2.24, 2.45) is 0 Å². The Hall–Kier alpha value is -2.17. The van der Waals surface area contributed by atoms with Gasteiger partial charge in [0.2, 0.25) is 0 Å². The summed E-state index contributed by atoms with van der Waals surface area (Å²) in [5.41, 5.74) is 0. The molecule has 0 aromatic heterocycles. The van der Waals surface area contributed by atoms with Crippen molar-refractivity contribution in [1.82, 2.24) is 0 Å². The van der Waals surface area contributed by atoms with Crippen LogP contribution >= 0.6 is 0 Å². The predicted molar refractivity (Wildman–Crippen MR) is 172 cm³/mol. The molecule has 1 unspecified atom stereocenters. The van der Waals surface area contributed by atoms with Crippen LogP contribution in [0, 0.1) is 0 Å². The highest BCUT2D eigenvalue weighted by atomic mass is 16.6. The molecule has 0 bridgehead atoms. The summed E-state index contributed by atoms with van der Waals surface area (Å²) >= 11 is 0. The molecule has 4 heteroatoms. The van der Waals surface area contributed by atoms with Gasteiger partial charge in [-0.3, -0.25) is 4.79 Å². The maximum Gasteiger partial charge on any atom is 0.306 e. The van der Waals surface area contributed by atoms with Crippen molar-refractivity contribution in [2.75, 3.05) is 19.8 Å². The Bertz CT molecular complexity index is 714. The molecule has 0 amide bonds. The lowest BCUT2D eigenvalue weighted by atomic mass is 10.1. The molecule has 0 aliphatic heterocycles. The molecule has 4 nitrogen and oxygen atoms in total. The second-order valence-corrected chi connectivity index (χ2v) is 10.1. The van der Waals surface area contributed by atoms with E-state index >= 15 is 0 Å². The first-order valence-corrected chi connectivity index (χ1v) is 16.0. The number of carbonyl (C=O) groups is 1. The number of rotatable bonds is 28. The number of unbranched alkanes of at least 4 members (excludes halogenated alkanes) is 8. The Morgan fingerprint density at radius 2 is 1.12 bits per heavy atom. The molecule has 0 rings (SSSR count). The predicted octanol–water partition coefficient (Wildman–Crippen LogP) is 9.92. The van der Waals surface area contributed by atoms with E-state index in [-0.39, 0.29) is 19.2 Å². The number of aliphatic hydroxyl groups excluding tert-OH is 1. The van der Waals surface area contributed by atoms with Gasteiger partial charge in [-0.05, 0) is 70.6 Å². The van der Waals surface area contributed by atoms with Crippen molar-refractivity contribution in [3.05, 3.63) is 72.9 Å². The maximum absolute atomic E-state index is 12.1. The normalized spacial score (nSPS) is 13.4. The number of hydrogen-bond acceptors (Lipinski definition) is 4. The highest BCUT2D eigenvalue weighted by Crippen LogP contribution is 2.09. The van der Waals surface area contributed by atoms with Crippen LogP contribution in [0.1, 0.15) is 123 Å². The van der Waals surface area contributed by atoms with Crippen LogP contribution in [0.15, 0.2) is 72.9 Å². The minimum absolute atomic E-state index is 0.204. The molecule has 1 atom stereocenters. The fraction of sp³-hybridized carbons (Fsp3) is 0.639. The summed E-state index contributed by atoms with van der Waals surface area (Å²) in [6, 6.07) is 0. The molecule has 1 N–H and O–H groups in total. The van der Waals surface area contributed by atoms with E-state index in [1.54, 1.807) is 0 Å². The first-order chi connectivity index (χ1) is 19.7. The van der Waals surface area contributed by atoms with Crippen LogP contribution in [0.4, 0.5) is 0 Å². The van der Waals surface area contributed by atoms with Crippen molar-refractivity contribution in [3.63, 3.8) is 0 Å². The standard InChI is InChI=1S/C36H60O4/c1-3-5-7-9-11-13-15-17-19-21-23-25-27-29-31-36(38)40-35(33-37)34-39-32-30-28-26-24-22-20-18-16-14-12-10-8-6-4-2/h6,8-9,11-12,14-15,17-18,20,24,26,35,37H,3-5,7,10,13,16,19,21-23,25,27-34H2,1-2H3/b8-6-,11-9-,14-12-,17-15-,20-18-,26-24-. The van der Waals surface area contributed by atoms with Gasteiger partial charge in [-0.15, -0.1) is 0 Å². The van der Waals surface area contributed by atoms with E-state index in [2.05, 4.69) is 86.8 Å². The summed E-state index contributed by atoms with van der Waals surface area (Å²) in [4.78, 5) is 12.1. The van der Waals surface area contributed by atoms with Gasteiger partial charge in [0, 0.05) is 13.0 Å². The fourth-order valence-corrected chi connectivity index (χ4v) is 3.87. The summed E-state index contributed by atoms with van der Waals surface area (Å²) in [6.07, 6.45) is 43.7. The van der Waals surface area contributed by atoms with Gasteiger partial charge in [-0.2, -0.15) is 0 Å². The largest absolute Gasteiger partial charge is 0.457 e. The average Bonchev–Trinajstić information content (AvgIpc) is 2.96. The zero-order valence-corrected chi connectivity index (χ0v) is 25.8. The number of carbonyl (C=O) groups excluding carboxylic acids is 1. The molecule has 0 aliphatic rings. The third kappa shape index (κ3) is 30.4. The second-order valence-electron chi connectivity index (χ2n) is 10.1. The molecule has 0 saturated heterocycles. The topological polar surface area (TPSA) is 55.8 Å². The van der Waals surface area contributed by atoms with Crippen LogP contribution in [-0.2, 0) is 14.3 Å². The molecule has 0 aromatic carbocycles. The highest BCUT2D eigenvalue weighted by molar-refractivity contribution is 5.69. The van der Waals surface area contributed by atoms with E-state index in [0.29, 0.717) is 13.0 Å². The smallest absolute Gasteiger partial charge is 0.306 e. The van der Waals surface area contributed by atoms with Crippen LogP contribution in [0.3, 0.4) is 0 Å². The number of esters is 1. The first kappa shape index (κ1) is 37.8. The van der Waals surface area contributed by atoms with Gasteiger partial charge in [0.15, 0.2) is 0 Å². The third-order valence-electron chi connectivity index (χ3n) is 6.27. The molecular weight excluding hydrogens is 496 g/mol. The van der Waals surface area contributed by atoms with Gasteiger partial charge < -0.3 is 14.6 Å². The number of aliphatic hydroxyl groups is 1. The molecule has 40 heavy (non-hydrogen) atoms. The third-order valence-corrected chi connectivity index (χ3v) is 6.27. The molecule has 228 valence electrons. The Balaban J connectivity index is 3.62.